The molecule has 0 unspecified atom stereocenters. The smallest absolute Gasteiger partial charge is 0.173 e. The Kier molecular flexibility index (Phi) is 6.82. The van der Waals surface area contributed by atoms with Gasteiger partial charge in [0.25, 0.3) is 0 Å². The molecule has 1 aliphatic rings. The Hall–Kier alpha value is -2.83. The SMILES string of the molecule is Cc1cc(C)cc(NC(=S)N2CCN(C(c3ccc(F)cc3)c3ccc(F)cc3)CC2)c1. The molecule has 0 spiro atoms. The van der Waals surface area contributed by atoms with E-state index in [1.54, 1.807) is 0 Å². The molecular formula is C26H27F2N3S. The lowest BCUT2D eigenvalue weighted by molar-refractivity contribution is 0.151. The third-order valence-electron chi connectivity index (χ3n) is 5.81. The third-order valence-corrected chi connectivity index (χ3v) is 6.17. The largest absolute Gasteiger partial charge is 0.346 e. The second-order valence-electron chi connectivity index (χ2n) is 8.34. The van der Waals surface area contributed by atoms with Gasteiger partial charge in [-0.2, -0.15) is 0 Å². The predicted octanol–water partition coefficient (Wildman–Crippen LogP) is 5.69. The lowest BCUT2D eigenvalue weighted by atomic mass is 9.96. The molecule has 6 heteroatoms. The van der Waals surface area contributed by atoms with Crippen LogP contribution in [-0.2, 0) is 0 Å². The quantitative estimate of drug-likeness (QED) is 0.514. The van der Waals surface area contributed by atoms with Crippen LogP contribution in [0.2, 0.25) is 0 Å². The van der Waals surface area contributed by atoms with E-state index in [1.165, 1.54) is 35.4 Å². The lowest BCUT2D eigenvalue weighted by Gasteiger charge is -2.40. The molecule has 0 aliphatic carbocycles. The number of anilines is 1. The zero-order chi connectivity index (χ0) is 22.7. The zero-order valence-corrected chi connectivity index (χ0v) is 19.1. The number of hydrogen-bond donors (Lipinski definition) is 1. The Labute approximate surface area is 193 Å². The highest BCUT2D eigenvalue weighted by Crippen LogP contribution is 2.30. The van der Waals surface area contributed by atoms with Gasteiger partial charge in [-0.15, -0.1) is 0 Å². The van der Waals surface area contributed by atoms with Crippen LogP contribution in [0.25, 0.3) is 0 Å². The summed E-state index contributed by atoms with van der Waals surface area (Å²) in [6.07, 6.45) is 0. The van der Waals surface area contributed by atoms with Gasteiger partial charge in [0.1, 0.15) is 11.6 Å². The van der Waals surface area contributed by atoms with Crippen molar-refractivity contribution in [3.8, 4) is 0 Å². The molecule has 1 saturated heterocycles. The number of hydrogen-bond acceptors (Lipinski definition) is 2. The molecule has 0 amide bonds. The first kappa shape index (κ1) is 22.4. The van der Waals surface area contributed by atoms with E-state index >= 15 is 0 Å². The molecule has 0 radical (unpaired) electrons. The molecule has 1 N–H and O–H groups in total. The Morgan fingerprint density at radius 1 is 0.781 bits per heavy atom. The highest BCUT2D eigenvalue weighted by Gasteiger charge is 2.27. The van der Waals surface area contributed by atoms with Gasteiger partial charge in [-0.1, -0.05) is 30.3 Å². The molecular weight excluding hydrogens is 424 g/mol. The summed E-state index contributed by atoms with van der Waals surface area (Å²) in [5, 5.41) is 4.09. The molecule has 4 rings (SSSR count). The van der Waals surface area contributed by atoms with E-state index in [0.717, 1.165) is 48.1 Å². The van der Waals surface area contributed by atoms with Crippen molar-refractivity contribution in [3.63, 3.8) is 0 Å². The average molecular weight is 452 g/mol. The molecule has 32 heavy (non-hydrogen) atoms. The van der Waals surface area contributed by atoms with Crippen molar-refractivity contribution >= 4 is 23.0 Å². The summed E-state index contributed by atoms with van der Waals surface area (Å²) in [5.74, 6) is -0.529. The fourth-order valence-corrected chi connectivity index (χ4v) is 4.64. The molecule has 1 fully saturated rings. The lowest BCUT2D eigenvalue weighted by Crippen LogP contribution is -2.51. The summed E-state index contributed by atoms with van der Waals surface area (Å²) < 4.78 is 27.1. The summed E-state index contributed by atoms with van der Waals surface area (Å²) in [5.41, 5.74) is 5.37. The molecule has 3 aromatic carbocycles. The summed E-state index contributed by atoms with van der Waals surface area (Å²) >= 11 is 5.68. The van der Waals surface area contributed by atoms with E-state index in [9.17, 15) is 8.78 Å². The van der Waals surface area contributed by atoms with Crippen LogP contribution in [0.3, 0.4) is 0 Å². The van der Waals surface area contributed by atoms with Gasteiger partial charge in [0.05, 0.1) is 6.04 Å². The van der Waals surface area contributed by atoms with Crippen molar-refractivity contribution in [3.05, 3.63) is 101 Å². The van der Waals surface area contributed by atoms with Crippen LogP contribution in [-0.4, -0.2) is 41.1 Å². The van der Waals surface area contributed by atoms with E-state index < -0.39 is 0 Å². The van der Waals surface area contributed by atoms with Gasteiger partial charge in [0.2, 0.25) is 0 Å². The first-order valence-corrected chi connectivity index (χ1v) is 11.2. The number of aryl methyl sites for hydroxylation is 2. The highest BCUT2D eigenvalue weighted by atomic mass is 32.1. The minimum atomic E-state index is -0.265. The molecule has 1 heterocycles. The van der Waals surface area contributed by atoms with Crippen molar-refractivity contribution in [1.82, 2.24) is 9.80 Å². The van der Waals surface area contributed by atoms with Crippen LogP contribution < -0.4 is 5.32 Å². The normalized spacial score (nSPS) is 14.6. The molecule has 166 valence electrons. The first-order valence-electron chi connectivity index (χ1n) is 10.8. The van der Waals surface area contributed by atoms with Gasteiger partial charge in [-0.3, -0.25) is 4.90 Å². The van der Waals surface area contributed by atoms with Crippen LogP contribution in [0.1, 0.15) is 28.3 Å². The van der Waals surface area contributed by atoms with Crippen LogP contribution in [0.15, 0.2) is 66.7 Å². The van der Waals surface area contributed by atoms with Crippen LogP contribution >= 0.6 is 12.2 Å². The molecule has 0 aromatic heterocycles. The number of nitrogens with zero attached hydrogens (tertiary/aromatic N) is 2. The second kappa shape index (κ2) is 9.76. The summed E-state index contributed by atoms with van der Waals surface area (Å²) in [6.45, 7) is 7.27. The van der Waals surface area contributed by atoms with Gasteiger partial charge in [0.15, 0.2) is 5.11 Å². The van der Waals surface area contributed by atoms with Gasteiger partial charge in [0, 0.05) is 31.9 Å². The van der Waals surface area contributed by atoms with Crippen molar-refractivity contribution in [1.29, 1.82) is 0 Å². The average Bonchev–Trinajstić information content (AvgIpc) is 2.76. The molecule has 0 atom stereocenters. The van der Waals surface area contributed by atoms with E-state index in [1.807, 2.05) is 24.3 Å². The number of rotatable bonds is 4. The number of thiocarbonyl (C=S) groups is 1. The van der Waals surface area contributed by atoms with Crippen LogP contribution in [0.5, 0.6) is 0 Å². The Bertz CT molecular complexity index is 1010. The summed E-state index contributed by atoms with van der Waals surface area (Å²) in [7, 11) is 0. The minimum absolute atomic E-state index is 0.0701. The topological polar surface area (TPSA) is 18.5 Å². The van der Waals surface area contributed by atoms with E-state index in [0.29, 0.717) is 0 Å². The third kappa shape index (κ3) is 5.31. The van der Waals surface area contributed by atoms with Gasteiger partial charge in [-0.25, -0.2) is 8.78 Å². The molecule has 0 bridgehead atoms. The zero-order valence-electron chi connectivity index (χ0n) is 18.3. The maximum absolute atomic E-state index is 13.5. The number of benzene rings is 3. The Balaban J connectivity index is 1.47. The van der Waals surface area contributed by atoms with Crippen LogP contribution in [0, 0.1) is 25.5 Å². The summed E-state index contributed by atoms with van der Waals surface area (Å²) in [6, 6.07) is 19.4. The van der Waals surface area contributed by atoms with Crippen molar-refractivity contribution in [2.75, 3.05) is 31.5 Å². The monoisotopic (exact) mass is 451 g/mol. The number of piperazine rings is 1. The first-order chi connectivity index (χ1) is 15.4. The number of nitrogens with one attached hydrogen (secondary N) is 1. The maximum atomic E-state index is 13.5. The fraction of sp³-hybridized carbons (Fsp3) is 0.269. The molecule has 3 aromatic rings. The van der Waals surface area contributed by atoms with Crippen LogP contribution in [0.4, 0.5) is 14.5 Å². The number of halogens is 2. The van der Waals surface area contributed by atoms with Crippen molar-refractivity contribution < 1.29 is 8.78 Å². The van der Waals surface area contributed by atoms with Gasteiger partial charge < -0.3 is 10.2 Å². The second-order valence-corrected chi connectivity index (χ2v) is 8.72. The van der Waals surface area contributed by atoms with Gasteiger partial charge in [-0.05, 0) is 84.7 Å². The highest BCUT2D eigenvalue weighted by molar-refractivity contribution is 7.80. The summed E-state index contributed by atoms with van der Waals surface area (Å²) in [4.78, 5) is 4.52. The standard InChI is InChI=1S/C26H27F2N3S/c1-18-15-19(2)17-24(16-18)29-26(32)31-13-11-30(12-14-31)25(20-3-7-22(27)8-4-20)21-5-9-23(28)10-6-21/h3-10,15-17,25H,11-14H2,1-2H3,(H,29,32). The van der Waals surface area contributed by atoms with Crippen molar-refractivity contribution in [2.24, 2.45) is 0 Å². The van der Waals surface area contributed by atoms with E-state index in [-0.39, 0.29) is 17.7 Å². The van der Waals surface area contributed by atoms with Gasteiger partial charge >= 0.3 is 0 Å². The van der Waals surface area contributed by atoms with E-state index in [2.05, 4.69) is 47.2 Å². The Morgan fingerprint density at radius 2 is 1.25 bits per heavy atom. The maximum Gasteiger partial charge on any atom is 0.173 e. The predicted molar refractivity (Wildman–Crippen MR) is 130 cm³/mol. The minimum Gasteiger partial charge on any atom is -0.346 e. The molecule has 0 saturated carbocycles. The van der Waals surface area contributed by atoms with E-state index in [4.69, 9.17) is 12.2 Å². The fourth-order valence-electron chi connectivity index (χ4n) is 4.34. The van der Waals surface area contributed by atoms with Crippen molar-refractivity contribution in [2.45, 2.75) is 19.9 Å². The molecule has 3 nitrogen and oxygen atoms in total. The Morgan fingerprint density at radius 3 is 1.72 bits per heavy atom. The molecule has 1 aliphatic heterocycles.